The number of hydrogen-bond donors (Lipinski definition) is 2. The van der Waals surface area contributed by atoms with E-state index in [1.54, 1.807) is 11.8 Å². The number of amides is 1. The zero-order valence-corrected chi connectivity index (χ0v) is 13.7. The fourth-order valence-electron chi connectivity index (χ4n) is 1.91. The molecule has 0 radical (unpaired) electrons. The topological polar surface area (TPSA) is 41.1 Å². The van der Waals surface area contributed by atoms with E-state index in [4.69, 9.17) is 0 Å². The van der Waals surface area contributed by atoms with Crippen LogP contribution in [0.15, 0.2) is 29.2 Å². The molecule has 3 nitrogen and oxygen atoms in total. The van der Waals surface area contributed by atoms with Crippen LogP contribution in [0.1, 0.15) is 45.7 Å². The largest absolute Gasteiger partial charge is 0.355 e. The summed E-state index contributed by atoms with van der Waals surface area (Å²) in [6.07, 6.45) is 0.972. The Kier molecular flexibility index (Phi) is 7.70. The molecule has 0 heterocycles. The number of rotatable bonds is 8. The first-order chi connectivity index (χ1) is 9.58. The molecule has 0 fully saturated rings. The van der Waals surface area contributed by atoms with Gasteiger partial charge in [0.1, 0.15) is 0 Å². The van der Waals surface area contributed by atoms with Crippen molar-refractivity contribution >= 4 is 17.7 Å². The van der Waals surface area contributed by atoms with Gasteiger partial charge < -0.3 is 10.6 Å². The van der Waals surface area contributed by atoms with Gasteiger partial charge >= 0.3 is 0 Å². The zero-order valence-electron chi connectivity index (χ0n) is 12.9. The van der Waals surface area contributed by atoms with Gasteiger partial charge in [0.25, 0.3) is 0 Å². The minimum Gasteiger partial charge on any atom is -0.355 e. The van der Waals surface area contributed by atoms with Gasteiger partial charge in [-0.25, -0.2) is 0 Å². The molecule has 1 amide bonds. The number of benzene rings is 1. The average molecular weight is 294 g/mol. The van der Waals surface area contributed by atoms with Crippen molar-refractivity contribution in [3.8, 4) is 0 Å². The molecule has 0 aliphatic rings. The molecule has 1 aromatic carbocycles. The van der Waals surface area contributed by atoms with Crippen LogP contribution in [0.4, 0.5) is 0 Å². The first kappa shape index (κ1) is 17.1. The highest BCUT2D eigenvalue weighted by Gasteiger charge is 2.13. The summed E-state index contributed by atoms with van der Waals surface area (Å²) in [6, 6.07) is 8.82. The molecule has 0 spiro atoms. The molecule has 112 valence electrons. The van der Waals surface area contributed by atoms with Gasteiger partial charge in [-0.3, -0.25) is 4.79 Å². The Morgan fingerprint density at radius 2 is 1.85 bits per heavy atom. The van der Waals surface area contributed by atoms with Crippen LogP contribution in [0.25, 0.3) is 0 Å². The lowest BCUT2D eigenvalue weighted by Gasteiger charge is -2.14. The molecule has 0 aromatic heterocycles. The van der Waals surface area contributed by atoms with Crippen LogP contribution in [-0.2, 0) is 4.79 Å². The van der Waals surface area contributed by atoms with Crippen LogP contribution < -0.4 is 10.6 Å². The van der Waals surface area contributed by atoms with Gasteiger partial charge in [0.15, 0.2) is 0 Å². The second-order valence-electron chi connectivity index (χ2n) is 4.90. The van der Waals surface area contributed by atoms with Crippen molar-refractivity contribution < 1.29 is 4.79 Å². The molecule has 0 aliphatic carbocycles. The van der Waals surface area contributed by atoms with Gasteiger partial charge in [0, 0.05) is 17.5 Å². The molecule has 2 atom stereocenters. The predicted molar refractivity (Wildman–Crippen MR) is 87.2 cm³/mol. The fourth-order valence-corrected chi connectivity index (χ4v) is 2.80. The van der Waals surface area contributed by atoms with Crippen molar-refractivity contribution in [2.45, 2.75) is 50.3 Å². The van der Waals surface area contributed by atoms with Crippen LogP contribution in [0.5, 0.6) is 0 Å². The molecule has 0 saturated carbocycles. The summed E-state index contributed by atoms with van der Waals surface area (Å²) in [5, 5.41) is 6.26. The van der Waals surface area contributed by atoms with E-state index in [0.29, 0.717) is 6.04 Å². The van der Waals surface area contributed by atoms with E-state index in [1.807, 2.05) is 6.92 Å². The quantitative estimate of drug-likeness (QED) is 0.722. The number of nitrogens with one attached hydrogen (secondary N) is 2. The Balaban J connectivity index is 2.54. The normalized spacial score (nSPS) is 13.8. The summed E-state index contributed by atoms with van der Waals surface area (Å²) in [5.74, 6) is 0.113. The van der Waals surface area contributed by atoms with Crippen LogP contribution in [0.3, 0.4) is 0 Å². The summed E-state index contributed by atoms with van der Waals surface area (Å²) in [4.78, 5) is 13.0. The molecule has 2 N–H and O–H groups in total. The maximum absolute atomic E-state index is 11.8. The van der Waals surface area contributed by atoms with Crippen molar-refractivity contribution in [3.63, 3.8) is 0 Å². The highest BCUT2D eigenvalue weighted by Crippen LogP contribution is 2.25. The van der Waals surface area contributed by atoms with Crippen LogP contribution >= 0.6 is 11.8 Å². The molecule has 1 aromatic rings. The monoisotopic (exact) mass is 294 g/mol. The van der Waals surface area contributed by atoms with E-state index in [1.165, 1.54) is 5.56 Å². The van der Waals surface area contributed by atoms with Crippen LogP contribution in [-0.4, -0.2) is 24.2 Å². The van der Waals surface area contributed by atoms with E-state index in [2.05, 4.69) is 55.7 Å². The lowest BCUT2D eigenvalue weighted by atomic mass is 10.1. The minimum absolute atomic E-state index is 0.0569. The van der Waals surface area contributed by atoms with Gasteiger partial charge in [0.2, 0.25) is 5.91 Å². The van der Waals surface area contributed by atoms with Gasteiger partial charge in [-0.05, 0) is 44.5 Å². The van der Waals surface area contributed by atoms with Gasteiger partial charge in [-0.2, -0.15) is 0 Å². The minimum atomic E-state index is -0.0569. The molecule has 1 rings (SSSR count). The van der Waals surface area contributed by atoms with Crippen molar-refractivity contribution in [1.29, 1.82) is 0 Å². The summed E-state index contributed by atoms with van der Waals surface area (Å²) in [7, 11) is 0. The Hall–Kier alpha value is -1.00. The number of carbonyl (C=O) groups is 1. The summed E-state index contributed by atoms with van der Waals surface area (Å²) in [5.41, 5.74) is 1.28. The standard InChI is InChI=1S/C16H26N2OS/c1-5-11-18-16(19)13(4)20-15-9-7-14(8-10-15)12(3)17-6-2/h7-10,12-13,17H,5-6,11H2,1-4H3,(H,18,19). The van der Waals surface area contributed by atoms with E-state index >= 15 is 0 Å². The molecule has 0 saturated heterocycles. The number of thioether (sulfide) groups is 1. The lowest BCUT2D eigenvalue weighted by molar-refractivity contribution is -0.120. The molecular weight excluding hydrogens is 268 g/mol. The first-order valence-electron chi connectivity index (χ1n) is 7.36. The Morgan fingerprint density at radius 3 is 2.40 bits per heavy atom. The third kappa shape index (κ3) is 5.55. The maximum Gasteiger partial charge on any atom is 0.233 e. The number of hydrogen-bond acceptors (Lipinski definition) is 3. The van der Waals surface area contributed by atoms with Crippen LogP contribution in [0.2, 0.25) is 0 Å². The summed E-state index contributed by atoms with van der Waals surface area (Å²) in [6.45, 7) is 9.99. The van der Waals surface area contributed by atoms with Crippen LogP contribution in [0, 0.1) is 0 Å². The lowest BCUT2D eigenvalue weighted by Crippen LogP contribution is -2.31. The van der Waals surface area contributed by atoms with Crippen molar-refractivity contribution in [3.05, 3.63) is 29.8 Å². The second kappa shape index (κ2) is 9.03. The van der Waals surface area contributed by atoms with E-state index in [9.17, 15) is 4.79 Å². The SMILES string of the molecule is CCCNC(=O)C(C)Sc1ccc(C(C)NCC)cc1. The van der Waals surface area contributed by atoms with Crippen molar-refractivity contribution in [2.75, 3.05) is 13.1 Å². The third-order valence-electron chi connectivity index (χ3n) is 3.12. The first-order valence-corrected chi connectivity index (χ1v) is 8.24. The Labute approximate surface area is 126 Å². The van der Waals surface area contributed by atoms with E-state index < -0.39 is 0 Å². The van der Waals surface area contributed by atoms with Crippen molar-refractivity contribution in [2.24, 2.45) is 0 Å². The summed E-state index contributed by atoms with van der Waals surface area (Å²) < 4.78 is 0. The smallest absolute Gasteiger partial charge is 0.233 e. The molecule has 4 heteroatoms. The molecule has 0 aliphatic heterocycles. The Bertz CT molecular complexity index is 405. The second-order valence-corrected chi connectivity index (χ2v) is 6.31. The molecule has 2 unspecified atom stereocenters. The fraction of sp³-hybridized carbons (Fsp3) is 0.562. The maximum atomic E-state index is 11.8. The van der Waals surface area contributed by atoms with Gasteiger partial charge in [0.05, 0.1) is 5.25 Å². The molecular formula is C16H26N2OS. The molecule has 20 heavy (non-hydrogen) atoms. The molecule has 0 bridgehead atoms. The highest BCUT2D eigenvalue weighted by molar-refractivity contribution is 8.00. The highest BCUT2D eigenvalue weighted by atomic mass is 32.2. The third-order valence-corrected chi connectivity index (χ3v) is 4.23. The predicted octanol–water partition coefficient (Wildman–Crippen LogP) is 3.36. The summed E-state index contributed by atoms with van der Waals surface area (Å²) >= 11 is 1.60. The zero-order chi connectivity index (χ0) is 15.0. The van der Waals surface area contributed by atoms with Crippen molar-refractivity contribution in [1.82, 2.24) is 10.6 Å². The number of carbonyl (C=O) groups excluding carboxylic acids is 1. The Morgan fingerprint density at radius 1 is 1.20 bits per heavy atom. The van der Waals surface area contributed by atoms with Gasteiger partial charge in [-0.15, -0.1) is 11.8 Å². The van der Waals surface area contributed by atoms with Gasteiger partial charge in [-0.1, -0.05) is 26.0 Å². The average Bonchev–Trinajstić information content (AvgIpc) is 2.45. The van der Waals surface area contributed by atoms with E-state index in [-0.39, 0.29) is 11.2 Å². The van der Waals surface area contributed by atoms with E-state index in [0.717, 1.165) is 24.4 Å².